The maximum absolute atomic E-state index is 3.46. The summed E-state index contributed by atoms with van der Waals surface area (Å²) in [5.74, 6) is 0.625. The fourth-order valence-corrected chi connectivity index (χ4v) is 2.72. The van der Waals surface area contributed by atoms with Crippen LogP contribution in [0, 0.1) is 0 Å². The average molecular weight is 260 g/mol. The topological polar surface area (TPSA) is 15.3 Å². The zero-order valence-electron chi connectivity index (χ0n) is 12.9. The van der Waals surface area contributed by atoms with E-state index in [-0.39, 0.29) is 0 Å². The summed E-state index contributed by atoms with van der Waals surface area (Å²) in [6.07, 6.45) is 2.49. The SMILES string of the molecule is CNC1(C)CCN(Cc2ccc(C(C)C)cc2)CC1. The van der Waals surface area contributed by atoms with Gasteiger partial charge in [-0.3, -0.25) is 4.90 Å². The first-order chi connectivity index (χ1) is 9.02. The van der Waals surface area contributed by atoms with Crippen LogP contribution in [0.3, 0.4) is 0 Å². The lowest BCUT2D eigenvalue weighted by atomic mass is 9.89. The monoisotopic (exact) mass is 260 g/mol. The molecular formula is C17H28N2. The normalized spacial score (nSPS) is 19.8. The van der Waals surface area contributed by atoms with Crippen LogP contribution >= 0.6 is 0 Å². The number of nitrogens with one attached hydrogen (secondary N) is 1. The van der Waals surface area contributed by atoms with Gasteiger partial charge in [0.05, 0.1) is 0 Å². The highest BCUT2D eigenvalue weighted by atomic mass is 15.1. The van der Waals surface area contributed by atoms with Crippen LogP contribution in [-0.2, 0) is 6.54 Å². The third-order valence-corrected chi connectivity index (χ3v) is 4.62. The molecule has 19 heavy (non-hydrogen) atoms. The minimum absolute atomic E-state index is 0.345. The van der Waals surface area contributed by atoms with E-state index in [4.69, 9.17) is 0 Å². The Balaban J connectivity index is 1.89. The third kappa shape index (κ3) is 3.80. The van der Waals surface area contributed by atoms with Crippen molar-refractivity contribution in [3.8, 4) is 0 Å². The van der Waals surface area contributed by atoms with Gasteiger partial charge in [0.25, 0.3) is 0 Å². The summed E-state index contributed by atoms with van der Waals surface area (Å²) >= 11 is 0. The van der Waals surface area contributed by atoms with E-state index in [0.717, 1.165) is 6.54 Å². The van der Waals surface area contributed by atoms with Crippen LogP contribution in [0.25, 0.3) is 0 Å². The maximum atomic E-state index is 3.46. The second kappa shape index (κ2) is 6.06. The van der Waals surface area contributed by atoms with Crippen molar-refractivity contribution in [1.82, 2.24) is 10.2 Å². The molecule has 1 aromatic rings. The fourth-order valence-electron chi connectivity index (χ4n) is 2.72. The molecule has 0 atom stereocenters. The van der Waals surface area contributed by atoms with E-state index in [1.807, 2.05) is 0 Å². The van der Waals surface area contributed by atoms with E-state index in [1.54, 1.807) is 0 Å². The molecule has 0 amide bonds. The molecule has 0 aromatic heterocycles. The molecule has 106 valence electrons. The van der Waals surface area contributed by atoms with Crippen LogP contribution in [0.15, 0.2) is 24.3 Å². The van der Waals surface area contributed by atoms with E-state index >= 15 is 0 Å². The minimum Gasteiger partial charge on any atom is -0.314 e. The van der Waals surface area contributed by atoms with E-state index in [2.05, 4.69) is 62.3 Å². The Morgan fingerprint density at radius 2 is 1.74 bits per heavy atom. The van der Waals surface area contributed by atoms with Gasteiger partial charge in [0.15, 0.2) is 0 Å². The first-order valence-corrected chi connectivity index (χ1v) is 7.52. The van der Waals surface area contributed by atoms with Crippen molar-refractivity contribution in [2.75, 3.05) is 20.1 Å². The Morgan fingerprint density at radius 3 is 2.21 bits per heavy atom. The number of hydrogen-bond acceptors (Lipinski definition) is 2. The molecular weight excluding hydrogens is 232 g/mol. The van der Waals surface area contributed by atoms with Crippen molar-refractivity contribution in [3.05, 3.63) is 35.4 Å². The van der Waals surface area contributed by atoms with E-state index < -0.39 is 0 Å². The molecule has 2 heteroatoms. The lowest BCUT2D eigenvalue weighted by molar-refractivity contribution is 0.146. The van der Waals surface area contributed by atoms with Crippen LogP contribution in [0.1, 0.15) is 50.7 Å². The van der Waals surface area contributed by atoms with Gasteiger partial charge in [0.1, 0.15) is 0 Å². The Morgan fingerprint density at radius 1 is 1.16 bits per heavy atom. The summed E-state index contributed by atoms with van der Waals surface area (Å²) in [5, 5.41) is 3.46. The van der Waals surface area contributed by atoms with Crippen molar-refractivity contribution >= 4 is 0 Å². The Bertz CT molecular complexity index is 386. The highest BCUT2D eigenvalue weighted by Gasteiger charge is 2.27. The molecule has 2 rings (SSSR count). The largest absolute Gasteiger partial charge is 0.314 e. The van der Waals surface area contributed by atoms with Crippen LogP contribution in [-0.4, -0.2) is 30.6 Å². The Hall–Kier alpha value is -0.860. The van der Waals surface area contributed by atoms with Crippen LogP contribution in [0.4, 0.5) is 0 Å². The van der Waals surface area contributed by atoms with Gasteiger partial charge in [0.2, 0.25) is 0 Å². The van der Waals surface area contributed by atoms with Crippen molar-refractivity contribution in [2.24, 2.45) is 0 Å². The zero-order chi connectivity index (χ0) is 13.9. The molecule has 1 aliphatic heterocycles. The van der Waals surface area contributed by atoms with Gasteiger partial charge >= 0.3 is 0 Å². The standard InChI is InChI=1S/C17H28N2/c1-14(2)16-7-5-15(6-8-16)13-19-11-9-17(3,18-4)10-12-19/h5-8,14,18H,9-13H2,1-4H3. The van der Waals surface area contributed by atoms with E-state index in [0.29, 0.717) is 11.5 Å². The number of rotatable bonds is 4. The van der Waals surface area contributed by atoms with Gasteiger partial charge in [-0.05, 0) is 43.9 Å². The third-order valence-electron chi connectivity index (χ3n) is 4.62. The van der Waals surface area contributed by atoms with Gasteiger partial charge in [0, 0.05) is 25.2 Å². The summed E-state index contributed by atoms with van der Waals surface area (Å²) < 4.78 is 0. The molecule has 0 spiro atoms. The number of nitrogens with zero attached hydrogens (tertiary/aromatic N) is 1. The van der Waals surface area contributed by atoms with Crippen molar-refractivity contribution < 1.29 is 0 Å². The molecule has 0 unspecified atom stereocenters. The molecule has 1 aromatic carbocycles. The lowest BCUT2D eigenvalue weighted by Gasteiger charge is -2.39. The molecule has 1 saturated heterocycles. The zero-order valence-corrected chi connectivity index (χ0v) is 12.9. The first-order valence-electron chi connectivity index (χ1n) is 7.52. The second-order valence-corrected chi connectivity index (χ2v) is 6.48. The molecule has 0 bridgehead atoms. The van der Waals surface area contributed by atoms with Crippen molar-refractivity contribution in [2.45, 2.75) is 51.6 Å². The highest BCUT2D eigenvalue weighted by Crippen LogP contribution is 2.23. The van der Waals surface area contributed by atoms with Gasteiger partial charge in [-0.2, -0.15) is 0 Å². The molecule has 1 fully saturated rings. The summed E-state index contributed by atoms with van der Waals surface area (Å²) in [6, 6.07) is 9.14. The predicted molar refractivity (Wildman–Crippen MR) is 82.5 cm³/mol. The van der Waals surface area contributed by atoms with Gasteiger partial charge < -0.3 is 5.32 Å². The highest BCUT2D eigenvalue weighted by molar-refractivity contribution is 5.24. The summed E-state index contributed by atoms with van der Waals surface area (Å²) in [6.45, 7) is 10.3. The maximum Gasteiger partial charge on any atom is 0.0233 e. The Labute approximate surface area is 118 Å². The molecule has 2 nitrogen and oxygen atoms in total. The number of likely N-dealkylation sites (tertiary alicyclic amines) is 1. The predicted octanol–water partition coefficient (Wildman–Crippen LogP) is 3.38. The van der Waals surface area contributed by atoms with E-state index in [9.17, 15) is 0 Å². The molecule has 1 aliphatic rings. The van der Waals surface area contributed by atoms with Gasteiger partial charge in [-0.1, -0.05) is 38.1 Å². The lowest BCUT2D eigenvalue weighted by Crippen LogP contribution is -2.49. The average Bonchev–Trinajstić information content (AvgIpc) is 2.42. The quantitative estimate of drug-likeness (QED) is 0.893. The molecule has 0 radical (unpaired) electrons. The molecule has 1 heterocycles. The van der Waals surface area contributed by atoms with Crippen molar-refractivity contribution in [1.29, 1.82) is 0 Å². The fraction of sp³-hybridized carbons (Fsp3) is 0.647. The summed E-state index contributed by atoms with van der Waals surface area (Å²) in [4.78, 5) is 2.57. The Kier molecular flexibility index (Phi) is 4.64. The van der Waals surface area contributed by atoms with Crippen LogP contribution in [0.5, 0.6) is 0 Å². The van der Waals surface area contributed by atoms with Crippen LogP contribution in [0.2, 0.25) is 0 Å². The van der Waals surface area contributed by atoms with Gasteiger partial charge in [-0.25, -0.2) is 0 Å². The summed E-state index contributed by atoms with van der Waals surface area (Å²) in [5.41, 5.74) is 3.22. The second-order valence-electron chi connectivity index (χ2n) is 6.48. The molecule has 0 aliphatic carbocycles. The summed E-state index contributed by atoms with van der Waals surface area (Å²) in [7, 11) is 2.08. The number of hydrogen-bond donors (Lipinski definition) is 1. The first kappa shape index (κ1) is 14.5. The number of benzene rings is 1. The molecule has 1 N–H and O–H groups in total. The van der Waals surface area contributed by atoms with Gasteiger partial charge in [-0.15, -0.1) is 0 Å². The molecule has 0 saturated carbocycles. The van der Waals surface area contributed by atoms with Crippen molar-refractivity contribution in [3.63, 3.8) is 0 Å². The smallest absolute Gasteiger partial charge is 0.0233 e. The van der Waals surface area contributed by atoms with Crippen LogP contribution < -0.4 is 5.32 Å². The number of piperidine rings is 1. The minimum atomic E-state index is 0.345. The van der Waals surface area contributed by atoms with E-state index in [1.165, 1.54) is 37.1 Å².